The Morgan fingerprint density at radius 3 is 2.74 bits per heavy atom. The molecule has 0 amide bonds. The van der Waals surface area contributed by atoms with Gasteiger partial charge in [0.1, 0.15) is 11.6 Å². The molecule has 2 heterocycles. The first-order valence-corrected chi connectivity index (χ1v) is 10.5. The molecule has 1 aromatic carbocycles. The zero-order valence-corrected chi connectivity index (χ0v) is 15.5. The van der Waals surface area contributed by atoms with Crippen LogP contribution in [-0.4, -0.2) is 37.3 Å². The van der Waals surface area contributed by atoms with Crippen LogP contribution in [0.4, 0.5) is 10.2 Å². The van der Waals surface area contributed by atoms with Crippen LogP contribution in [0.5, 0.6) is 0 Å². The van der Waals surface area contributed by atoms with Crippen molar-refractivity contribution >= 4 is 15.8 Å². The number of benzene rings is 1. The highest BCUT2D eigenvalue weighted by Gasteiger charge is 2.29. The highest BCUT2D eigenvalue weighted by atomic mass is 32.2. The number of nitrogens with zero attached hydrogens (tertiary/aromatic N) is 3. The number of hydrogen-bond acceptors (Lipinski definition) is 5. The molecule has 0 radical (unpaired) electrons. The van der Waals surface area contributed by atoms with E-state index in [0.29, 0.717) is 37.8 Å². The summed E-state index contributed by atoms with van der Waals surface area (Å²) >= 11 is 0. The summed E-state index contributed by atoms with van der Waals surface area (Å²) in [5.74, 6) is 0.616. The topological polar surface area (TPSA) is 84.3 Å². The minimum Gasteiger partial charge on any atom is -0.354 e. The molecule has 27 heavy (non-hydrogen) atoms. The zero-order chi connectivity index (χ0) is 19.0. The Labute approximate surface area is 156 Å². The second-order valence-electron chi connectivity index (χ2n) is 7.17. The summed E-state index contributed by atoms with van der Waals surface area (Å²) in [6.07, 6.45) is 2.87. The number of hydrogen-bond donors (Lipinski definition) is 1. The lowest BCUT2D eigenvalue weighted by Gasteiger charge is -2.19. The maximum absolute atomic E-state index is 13.3. The molecule has 1 aromatic heterocycles. The van der Waals surface area contributed by atoms with Crippen molar-refractivity contribution in [3.63, 3.8) is 0 Å². The second kappa shape index (κ2) is 7.05. The van der Waals surface area contributed by atoms with E-state index in [2.05, 4.69) is 9.82 Å². The van der Waals surface area contributed by atoms with Gasteiger partial charge < -0.3 is 4.90 Å². The molecule has 9 heteroatoms. The molecule has 1 saturated heterocycles. The van der Waals surface area contributed by atoms with Gasteiger partial charge in [-0.2, -0.15) is 5.10 Å². The monoisotopic (exact) mass is 392 g/mol. The van der Waals surface area contributed by atoms with E-state index in [0.717, 1.165) is 18.9 Å². The van der Waals surface area contributed by atoms with Crippen LogP contribution in [0.3, 0.4) is 0 Å². The van der Waals surface area contributed by atoms with Crippen LogP contribution < -0.4 is 15.2 Å². The molecule has 2 aliphatic rings. The molecule has 1 unspecified atom stereocenters. The van der Waals surface area contributed by atoms with Crippen molar-refractivity contribution in [2.24, 2.45) is 5.92 Å². The molecule has 1 saturated carbocycles. The molecular formula is C18H21FN4O3S. The van der Waals surface area contributed by atoms with Gasteiger partial charge in [-0.15, -0.1) is 0 Å². The zero-order valence-electron chi connectivity index (χ0n) is 14.7. The summed E-state index contributed by atoms with van der Waals surface area (Å²) in [5.41, 5.74) is -0.117. The first-order chi connectivity index (χ1) is 12.9. The van der Waals surface area contributed by atoms with Crippen LogP contribution in [0, 0.1) is 11.7 Å². The van der Waals surface area contributed by atoms with Gasteiger partial charge in [-0.05, 0) is 49.4 Å². The number of sulfonamides is 1. The van der Waals surface area contributed by atoms with Crippen molar-refractivity contribution in [2.75, 3.05) is 18.0 Å². The fourth-order valence-corrected chi connectivity index (χ4v) is 4.56. The predicted octanol–water partition coefficient (Wildman–Crippen LogP) is 1.35. The largest absolute Gasteiger partial charge is 0.354 e. The maximum Gasteiger partial charge on any atom is 0.266 e. The molecule has 4 rings (SSSR count). The number of nitrogens with one attached hydrogen (secondary N) is 1. The molecule has 2 aromatic rings. The highest BCUT2D eigenvalue weighted by molar-refractivity contribution is 7.89. The van der Waals surface area contributed by atoms with Gasteiger partial charge in [-0.3, -0.25) is 4.79 Å². The summed E-state index contributed by atoms with van der Waals surface area (Å²) in [4.78, 5) is 13.8. The van der Waals surface area contributed by atoms with E-state index in [9.17, 15) is 17.6 Å². The van der Waals surface area contributed by atoms with Crippen LogP contribution in [0.1, 0.15) is 19.3 Å². The molecule has 1 aliphatic heterocycles. The summed E-state index contributed by atoms with van der Waals surface area (Å²) in [5, 5.41) is 4.44. The van der Waals surface area contributed by atoms with Crippen molar-refractivity contribution in [1.82, 2.24) is 14.5 Å². The SMILES string of the molecule is O=c1ccc(N2CCC(NS(=O)(=O)c3cccc(F)c3)C2)nn1CC1CC1. The number of halogens is 1. The molecule has 2 fully saturated rings. The van der Waals surface area contributed by atoms with Crippen molar-refractivity contribution in [1.29, 1.82) is 0 Å². The van der Waals surface area contributed by atoms with Crippen molar-refractivity contribution in [2.45, 2.75) is 36.7 Å². The average molecular weight is 392 g/mol. The van der Waals surface area contributed by atoms with Crippen molar-refractivity contribution < 1.29 is 12.8 Å². The lowest BCUT2D eigenvalue weighted by atomic mass is 10.3. The lowest BCUT2D eigenvalue weighted by molar-refractivity contribution is 0.531. The Kier molecular flexibility index (Phi) is 4.73. The van der Waals surface area contributed by atoms with Crippen molar-refractivity contribution in [3.8, 4) is 0 Å². The Morgan fingerprint density at radius 2 is 2.00 bits per heavy atom. The average Bonchev–Trinajstić information content (AvgIpc) is 3.33. The van der Waals surface area contributed by atoms with E-state index >= 15 is 0 Å². The van der Waals surface area contributed by atoms with Gasteiger partial charge >= 0.3 is 0 Å². The van der Waals surface area contributed by atoms with E-state index < -0.39 is 15.8 Å². The fraction of sp³-hybridized carbons (Fsp3) is 0.444. The fourth-order valence-electron chi connectivity index (χ4n) is 3.27. The third kappa shape index (κ3) is 4.19. The van der Waals surface area contributed by atoms with E-state index in [1.54, 1.807) is 6.07 Å². The Balaban J connectivity index is 1.45. The minimum atomic E-state index is -3.79. The summed E-state index contributed by atoms with van der Waals surface area (Å²) in [6.45, 7) is 1.71. The molecule has 7 nitrogen and oxygen atoms in total. The molecule has 1 aliphatic carbocycles. The van der Waals surface area contributed by atoms with E-state index in [4.69, 9.17) is 0 Å². The Bertz CT molecular complexity index is 1000. The Hall–Kier alpha value is -2.26. The first kappa shape index (κ1) is 18.1. The number of anilines is 1. The van der Waals surface area contributed by atoms with E-state index in [1.165, 1.54) is 28.9 Å². The van der Waals surface area contributed by atoms with Gasteiger partial charge in [-0.25, -0.2) is 22.2 Å². The van der Waals surface area contributed by atoms with Gasteiger partial charge in [0.05, 0.1) is 4.90 Å². The normalized spacial score (nSPS) is 20.2. The van der Waals surface area contributed by atoms with E-state index in [1.807, 2.05) is 4.90 Å². The van der Waals surface area contributed by atoms with Crippen LogP contribution in [-0.2, 0) is 16.6 Å². The highest BCUT2D eigenvalue weighted by Crippen LogP contribution is 2.30. The number of rotatable bonds is 6. The van der Waals surface area contributed by atoms with Gasteiger partial charge in [0, 0.05) is 31.7 Å². The molecule has 1 atom stereocenters. The van der Waals surface area contributed by atoms with Crippen LogP contribution in [0.25, 0.3) is 0 Å². The maximum atomic E-state index is 13.3. The molecule has 0 spiro atoms. The summed E-state index contributed by atoms with van der Waals surface area (Å²) in [6, 6.07) is 7.84. The van der Waals surface area contributed by atoms with Crippen molar-refractivity contribution in [3.05, 3.63) is 52.6 Å². The standard InChI is InChI=1S/C18H21FN4O3S/c19-14-2-1-3-16(10-14)27(25,26)21-15-8-9-22(12-15)17-6-7-18(24)23(20-17)11-13-4-5-13/h1-3,6-7,10,13,15,21H,4-5,8-9,11-12H2. The van der Waals surface area contributed by atoms with Gasteiger partial charge in [0.15, 0.2) is 0 Å². The lowest BCUT2D eigenvalue weighted by Crippen LogP contribution is -2.37. The Morgan fingerprint density at radius 1 is 1.19 bits per heavy atom. The molecule has 144 valence electrons. The minimum absolute atomic E-state index is 0.0861. The van der Waals surface area contributed by atoms with Crippen LogP contribution >= 0.6 is 0 Å². The summed E-state index contributed by atoms with van der Waals surface area (Å²) < 4.78 is 42.4. The van der Waals surface area contributed by atoms with Gasteiger partial charge in [0.25, 0.3) is 5.56 Å². The third-order valence-electron chi connectivity index (χ3n) is 4.92. The molecule has 0 bridgehead atoms. The second-order valence-corrected chi connectivity index (χ2v) is 8.88. The smallest absolute Gasteiger partial charge is 0.266 e. The van der Waals surface area contributed by atoms with E-state index in [-0.39, 0.29) is 16.5 Å². The third-order valence-corrected chi connectivity index (χ3v) is 6.44. The van der Waals surface area contributed by atoms with Crippen LogP contribution in [0.15, 0.2) is 46.1 Å². The first-order valence-electron chi connectivity index (χ1n) is 9.02. The quantitative estimate of drug-likeness (QED) is 0.802. The van der Waals surface area contributed by atoms with Crippen LogP contribution in [0.2, 0.25) is 0 Å². The van der Waals surface area contributed by atoms with Gasteiger partial charge in [-0.1, -0.05) is 6.07 Å². The molecular weight excluding hydrogens is 371 g/mol. The van der Waals surface area contributed by atoms with Gasteiger partial charge in [0.2, 0.25) is 10.0 Å². The summed E-state index contributed by atoms with van der Waals surface area (Å²) in [7, 11) is -3.79. The number of aromatic nitrogens is 2. The predicted molar refractivity (Wildman–Crippen MR) is 98.6 cm³/mol. The molecule has 1 N–H and O–H groups in total.